The Morgan fingerprint density at radius 2 is 1.95 bits per heavy atom. The molecule has 4 heteroatoms. The number of carbonyl (C=O) groups excluding carboxylic acids is 1. The average molecular weight is 283 g/mol. The number of benzene rings is 1. The third-order valence-electron chi connectivity index (χ3n) is 3.58. The molecule has 2 rings (SSSR count). The molecule has 1 amide bonds. The summed E-state index contributed by atoms with van der Waals surface area (Å²) in [6, 6.07) is 9.63. The van der Waals surface area contributed by atoms with Gasteiger partial charge in [-0.25, -0.2) is 4.98 Å². The number of hydrogen-bond acceptors (Lipinski definition) is 3. The van der Waals surface area contributed by atoms with Crippen LogP contribution in [0.25, 0.3) is 0 Å². The number of nitrogens with one attached hydrogen (secondary N) is 1. The van der Waals surface area contributed by atoms with Gasteiger partial charge in [-0.3, -0.25) is 4.79 Å². The number of hydrogen-bond donors (Lipinski definition) is 1. The molecule has 110 valence electrons. The second kappa shape index (κ2) is 6.39. The molecule has 0 saturated carbocycles. The molecule has 0 unspecified atom stereocenters. The number of rotatable bonds is 4. The summed E-state index contributed by atoms with van der Waals surface area (Å²) in [4.78, 5) is 18.6. The third kappa shape index (κ3) is 3.40. The maximum absolute atomic E-state index is 12.3. The highest BCUT2D eigenvalue weighted by Crippen LogP contribution is 2.15. The molecule has 0 atom stereocenters. The maximum atomic E-state index is 12.3. The van der Waals surface area contributed by atoms with Crippen molar-refractivity contribution in [1.29, 1.82) is 0 Å². The van der Waals surface area contributed by atoms with Gasteiger partial charge in [0.1, 0.15) is 5.82 Å². The lowest BCUT2D eigenvalue weighted by Gasteiger charge is -2.16. The van der Waals surface area contributed by atoms with Gasteiger partial charge in [-0.1, -0.05) is 18.2 Å². The Labute approximate surface area is 125 Å². The van der Waals surface area contributed by atoms with Gasteiger partial charge in [0.05, 0.1) is 0 Å². The van der Waals surface area contributed by atoms with Crippen molar-refractivity contribution in [3.8, 4) is 0 Å². The van der Waals surface area contributed by atoms with Crippen molar-refractivity contribution in [2.75, 3.05) is 19.0 Å². The summed E-state index contributed by atoms with van der Waals surface area (Å²) in [6.07, 6.45) is 1.76. The fourth-order valence-corrected chi connectivity index (χ4v) is 2.24. The molecule has 0 aliphatic carbocycles. The van der Waals surface area contributed by atoms with Gasteiger partial charge < -0.3 is 10.2 Å². The lowest BCUT2D eigenvalue weighted by molar-refractivity contribution is 0.0950. The van der Waals surface area contributed by atoms with Crippen LogP contribution in [0.4, 0.5) is 5.82 Å². The zero-order chi connectivity index (χ0) is 15.4. The molecule has 4 nitrogen and oxygen atoms in total. The molecule has 0 radical (unpaired) electrons. The van der Waals surface area contributed by atoms with E-state index in [-0.39, 0.29) is 5.91 Å². The zero-order valence-electron chi connectivity index (χ0n) is 13.0. The first-order valence-electron chi connectivity index (χ1n) is 6.96. The summed E-state index contributed by atoms with van der Waals surface area (Å²) in [6.45, 7) is 4.45. The molecule has 1 N–H and O–H groups in total. The van der Waals surface area contributed by atoms with E-state index in [0.29, 0.717) is 6.54 Å². The first-order valence-corrected chi connectivity index (χ1v) is 6.96. The number of carbonyl (C=O) groups is 1. The summed E-state index contributed by atoms with van der Waals surface area (Å²) >= 11 is 0. The van der Waals surface area contributed by atoms with Crippen LogP contribution in [-0.4, -0.2) is 25.0 Å². The third-order valence-corrected chi connectivity index (χ3v) is 3.58. The van der Waals surface area contributed by atoms with Crippen molar-refractivity contribution >= 4 is 11.7 Å². The molecule has 1 aromatic heterocycles. The van der Waals surface area contributed by atoms with Gasteiger partial charge in [0, 0.05) is 38.0 Å². The van der Waals surface area contributed by atoms with Crippen molar-refractivity contribution in [2.24, 2.45) is 0 Å². The van der Waals surface area contributed by atoms with Crippen LogP contribution in [-0.2, 0) is 6.54 Å². The largest absolute Gasteiger partial charge is 0.362 e. The van der Waals surface area contributed by atoms with E-state index in [2.05, 4.69) is 10.3 Å². The average Bonchev–Trinajstić information content (AvgIpc) is 2.47. The first-order chi connectivity index (χ1) is 10.0. The van der Waals surface area contributed by atoms with E-state index in [9.17, 15) is 4.79 Å². The van der Waals surface area contributed by atoms with E-state index in [4.69, 9.17) is 0 Å². The maximum Gasteiger partial charge on any atom is 0.251 e. The minimum Gasteiger partial charge on any atom is -0.362 e. The molecule has 0 aliphatic heterocycles. The molecule has 21 heavy (non-hydrogen) atoms. The van der Waals surface area contributed by atoms with Gasteiger partial charge in [-0.15, -0.1) is 0 Å². The Bertz CT molecular complexity index is 650. The molecule has 0 bridgehead atoms. The summed E-state index contributed by atoms with van der Waals surface area (Å²) in [7, 11) is 3.89. The molecule has 0 fully saturated rings. The van der Waals surface area contributed by atoms with E-state index >= 15 is 0 Å². The quantitative estimate of drug-likeness (QED) is 0.938. The van der Waals surface area contributed by atoms with Crippen molar-refractivity contribution in [1.82, 2.24) is 10.3 Å². The van der Waals surface area contributed by atoms with Gasteiger partial charge in [0.25, 0.3) is 5.91 Å². The first kappa shape index (κ1) is 15.0. The van der Waals surface area contributed by atoms with Gasteiger partial charge in [-0.05, 0) is 37.1 Å². The van der Waals surface area contributed by atoms with E-state index < -0.39 is 0 Å². The Balaban J connectivity index is 2.13. The molecule has 2 aromatic rings. The van der Waals surface area contributed by atoms with Crippen LogP contribution in [0.15, 0.2) is 36.5 Å². The molecular weight excluding hydrogens is 262 g/mol. The van der Waals surface area contributed by atoms with Gasteiger partial charge in [0.2, 0.25) is 0 Å². The lowest BCUT2D eigenvalue weighted by Crippen LogP contribution is -2.25. The SMILES string of the molecule is Cc1cccc(C(=O)NCc2cccnc2N(C)C)c1C. The summed E-state index contributed by atoms with van der Waals surface area (Å²) < 4.78 is 0. The zero-order valence-corrected chi connectivity index (χ0v) is 13.0. The predicted molar refractivity (Wildman–Crippen MR) is 85.7 cm³/mol. The van der Waals surface area contributed by atoms with E-state index in [1.807, 2.05) is 63.2 Å². The van der Waals surface area contributed by atoms with Gasteiger partial charge in [0.15, 0.2) is 0 Å². The van der Waals surface area contributed by atoms with E-state index in [1.165, 1.54) is 0 Å². The molecule has 0 spiro atoms. The van der Waals surface area contributed by atoms with Crippen molar-refractivity contribution < 1.29 is 4.79 Å². The second-order valence-electron chi connectivity index (χ2n) is 5.31. The minimum atomic E-state index is -0.0511. The van der Waals surface area contributed by atoms with Crippen molar-refractivity contribution in [3.05, 3.63) is 58.8 Å². The van der Waals surface area contributed by atoms with E-state index in [0.717, 1.165) is 28.1 Å². The van der Waals surface area contributed by atoms with Crippen LogP contribution in [0.2, 0.25) is 0 Å². The monoisotopic (exact) mass is 283 g/mol. The smallest absolute Gasteiger partial charge is 0.251 e. The Morgan fingerprint density at radius 1 is 1.19 bits per heavy atom. The van der Waals surface area contributed by atoms with Crippen molar-refractivity contribution in [3.63, 3.8) is 0 Å². The minimum absolute atomic E-state index is 0.0511. The number of pyridine rings is 1. The van der Waals surface area contributed by atoms with Crippen LogP contribution in [0.3, 0.4) is 0 Å². The molecule has 1 heterocycles. The number of anilines is 1. The normalized spacial score (nSPS) is 10.3. The van der Waals surface area contributed by atoms with Crippen LogP contribution >= 0.6 is 0 Å². The Hall–Kier alpha value is -2.36. The van der Waals surface area contributed by atoms with Crippen molar-refractivity contribution in [2.45, 2.75) is 20.4 Å². The lowest BCUT2D eigenvalue weighted by atomic mass is 10.0. The van der Waals surface area contributed by atoms with Crippen LogP contribution in [0.1, 0.15) is 27.0 Å². The van der Waals surface area contributed by atoms with Crippen LogP contribution < -0.4 is 10.2 Å². The predicted octanol–water partition coefficient (Wildman–Crippen LogP) is 2.69. The fraction of sp³-hybridized carbons (Fsp3) is 0.294. The Kier molecular flexibility index (Phi) is 4.58. The standard InChI is InChI=1S/C17H21N3O/c1-12-7-5-9-15(13(12)2)17(21)19-11-14-8-6-10-18-16(14)20(3)4/h5-10H,11H2,1-4H3,(H,19,21). The second-order valence-corrected chi connectivity index (χ2v) is 5.31. The number of amides is 1. The summed E-state index contributed by atoms with van der Waals surface area (Å²) in [5, 5.41) is 2.97. The number of nitrogens with zero attached hydrogens (tertiary/aromatic N) is 2. The number of aryl methyl sites for hydroxylation is 1. The fourth-order valence-electron chi connectivity index (χ4n) is 2.24. The summed E-state index contributed by atoms with van der Waals surface area (Å²) in [5.41, 5.74) is 3.87. The highest BCUT2D eigenvalue weighted by Gasteiger charge is 2.11. The topological polar surface area (TPSA) is 45.2 Å². The van der Waals surface area contributed by atoms with Gasteiger partial charge >= 0.3 is 0 Å². The Morgan fingerprint density at radius 3 is 2.67 bits per heavy atom. The van der Waals surface area contributed by atoms with E-state index in [1.54, 1.807) is 6.20 Å². The molecule has 0 aliphatic rings. The molecule has 0 saturated heterocycles. The highest BCUT2D eigenvalue weighted by molar-refractivity contribution is 5.95. The molecule has 1 aromatic carbocycles. The number of aromatic nitrogens is 1. The highest BCUT2D eigenvalue weighted by atomic mass is 16.1. The van der Waals surface area contributed by atoms with Gasteiger partial charge in [-0.2, -0.15) is 0 Å². The van der Waals surface area contributed by atoms with Crippen LogP contribution in [0.5, 0.6) is 0 Å². The van der Waals surface area contributed by atoms with Crippen LogP contribution in [0, 0.1) is 13.8 Å². The molecular formula is C17H21N3O. The summed E-state index contributed by atoms with van der Waals surface area (Å²) in [5.74, 6) is 0.823.